The van der Waals surface area contributed by atoms with Gasteiger partial charge in [-0.05, 0) is 174 Å². The van der Waals surface area contributed by atoms with Gasteiger partial charge in [0.25, 0.3) is 0 Å². The molecule has 2 heterocycles. The summed E-state index contributed by atoms with van der Waals surface area (Å²) in [4.78, 5) is 30.8. The normalized spacial score (nSPS) is 38.0. The van der Waals surface area contributed by atoms with Crippen LogP contribution in [0.4, 0.5) is 37.7 Å². The van der Waals surface area contributed by atoms with Crippen LogP contribution in [0.25, 0.3) is 0 Å². The van der Waals surface area contributed by atoms with E-state index >= 15 is 0 Å². The maximum absolute atomic E-state index is 13.3. The number of hydrogen-bond acceptors (Lipinski definition) is 6. The van der Waals surface area contributed by atoms with Gasteiger partial charge in [0.15, 0.2) is 0 Å². The van der Waals surface area contributed by atoms with E-state index in [9.17, 15) is 46.1 Å². The minimum Gasteiger partial charge on any atom is -0.393 e. The Morgan fingerprint density at radius 3 is 1.20 bits per heavy atom. The second-order valence-electron chi connectivity index (χ2n) is 20.1. The lowest BCUT2D eigenvalue weighted by atomic mass is 9.48. The van der Waals surface area contributed by atoms with Crippen LogP contribution in [-0.2, 0) is 21.9 Å². The molecule has 6 atom stereocenters. The van der Waals surface area contributed by atoms with Crippen molar-refractivity contribution in [2.45, 2.75) is 127 Å². The van der Waals surface area contributed by atoms with Crippen LogP contribution in [0.3, 0.4) is 0 Å². The van der Waals surface area contributed by atoms with Crippen LogP contribution in [0.1, 0.15) is 101 Å². The molecule has 14 heteroatoms. The van der Waals surface area contributed by atoms with Crippen LogP contribution >= 0.6 is 0 Å². The van der Waals surface area contributed by atoms with Crippen LogP contribution in [0, 0.1) is 46.3 Å². The van der Waals surface area contributed by atoms with Crippen LogP contribution in [-0.4, -0.2) is 72.5 Å². The largest absolute Gasteiger partial charge is 0.416 e. The van der Waals surface area contributed by atoms with Crippen molar-refractivity contribution >= 4 is 23.2 Å². The first-order valence-corrected chi connectivity index (χ1v) is 22.3. The Morgan fingerprint density at radius 2 is 0.883 bits per heavy atom. The molecule has 10 aliphatic rings. The number of amides is 2. The Morgan fingerprint density at radius 1 is 0.550 bits per heavy atom. The average Bonchev–Trinajstić information content (AvgIpc) is 3.21. The summed E-state index contributed by atoms with van der Waals surface area (Å²) in [7, 11) is 0. The number of anilines is 2. The molecule has 8 saturated carbocycles. The molecule has 0 radical (unpaired) electrons. The predicted octanol–water partition coefficient (Wildman–Crippen LogP) is 7.96. The molecule has 60 heavy (non-hydrogen) atoms. The third-order valence-corrected chi connectivity index (χ3v) is 16.0. The van der Waals surface area contributed by atoms with Gasteiger partial charge >= 0.3 is 12.4 Å². The van der Waals surface area contributed by atoms with E-state index < -0.39 is 23.5 Å². The fourth-order valence-electron chi connectivity index (χ4n) is 13.6. The first-order chi connectivity index (χ1) is 28.5. The molecule has 10 fully saturated rings. The monoisotopic (exact) mass is 844 g/mol. The molecular weight excluding hydrogens is 787 g/mol. The van der Waals surface area contributed by atoms with Crippen LogP contribution < -0.4 is 20.4 Å². The van der Waals surface area contributed by atoms with Crippen LogP contribution in [0.2, 0.25) is 0 Å². The molecule has 8 bridgehead atoms. The topological polar surface area (TPSA) is 105 Å². The lowest BCUT2D eigenvalue weighted by Crippen LogP contribution is -2.60. The average molecular weight is 845 g/mol. The number of aliphatic hydroxyl groups excluding tert-OH is 2. The number of halogens is 6. The van der Waals surface area contributed by atoms with Gasteiger partial charge in [-0.15, -0.1) is 0 Å². The summed E-state index contributed by atoms with van der Waals surface area (Å²) in [6.07, 6.45) is 3.68. The summed E-state index contributed by atoms with van der Waals surface area (Å²) in [5.41, 5.74) is -0.410. The van der Waals surface area contributed by atoms with E-state index in [0.29, 0.717) is 24.9 Å². The Kier molecular flexibility index (Phi) is 10.9. The maximum atomic E-state index is 13.3. The van der Waals surface area contributed by atoms with E-state index in [4.69, 9.17) is 0 Å². The molecule has 2 saturated heterocycles. The lowest BCUT2D eigenvalue weighted by molar-refractivity contribution is -0.164. The van der Waals surface area contributed by atoms with Gasteiger partial charge in [0, 0.05) is 49.6 Å². The van der Waals surface area contributed by atoms with E-state index in [1.54, 1.807) is 0 Å². The first kappa shape index (κ1) is 41.8. The molecule has 8 nitrogen and oxygen atoms in total. The molecule has 4 unspecified atom stereocenters. The quantitative estimate of drug-likeness (QED) is 0.220. The molecule has 2 aromatic rings. The summed E-state index contributed by atoms with van der Waals surface area (Å²) in [6, 6.07) is 10.6. The Bertz CT molecular complexity index is 1720. The van der Waals surface area contributed by atoms with Crippen molar-refractivity contribution < 1.29 is 46.1 Å². The second-order valence-corrected chi connectivity index (χ2v) is 20.1. The number of alkyl halides is 6. The fourth-order valence-corrected chi connectivity index (χ4v) is 13.6. The Hall–Kier alpha value is -3.52. The summed E-state index contributed by atoms with van der Waals surface area (Å²) in [6.45, 7) is 2.79. The van der Waals surface area contributed by atoms with E-state index in [0.717, 1.165) is 139 Å². The van der Waals surface area contributed by atoms with Gasteiger partial charge in [-0.1, -0.05) is 0 Å². The molecule has 4 N–H and O–H groups in total. The van der Waals surface area contributed by atoms with E-state index in [1.165, 1.54) is 24.3 Å². The number of benzene rings is 2. The third kappa shape index (κ3) is 8.13. The highest BCUT2D eigenvalue weighted by molar-refractivity contribution is 5.84. The van der Waals surface area contributed by atoms with Gasteiger partial charge in [-0.3, -0.25) is 9.59 Å². The number of hydrogen-bond donors (Lipinski definition) is 4. The van der Waals surface area contributed by atoms with Crippen molar-refractivity contribution in [3.63, 3.8) is 0 Å². The molecule has 0 spiro atoms. The van der Waals surface area contributed by atoms with Crippen molar-refractivity contribution in [2.24, 2.45) is 46.3 Å². The van der Waals surface area contributed by atoms with Gasteiger partial charge in [-0.25, -0.2) is 0 Å². The summed E-state index contributed by atoms with van der Waals surface area (Å²) < 4.78 is 76.9. The van der Waals surface area contributed by atoms with Gasteiger partial charge in [0.1, 0.15) is 0 Å². The van der Waals surface area contributed by atoms with Crippen molar-refractivity contribution in [3.05, 3.63) is 59.7 Å². The molecule has 2 aromatic carbocycles. The summed E-state index contributed by atoms with van der Waals surface area (Å²) >= 11 is 0. The molecule has 328 valence electrons. The molecular formula is C46H58F6N4O4. The highest BCUT2D eigenvalue weighted by atomic mass is 19.4. The van der Waals surface area contributed by atoms with Gasteiger partial charge in [0.2, 0.25) is 11.8 Å². The second kappa shape index (κ2) is 15.7. The highest BCUT2D eigenvalue weighted by Gasteiger charge is 2.59. The number of rotatable bonds is 6. The smallest absolute Gasteiger partial charge is 0.393 e. The molecule has 2 aliphatic heterocycles. The SMILES string of the molecule is O=C(N[C@H]1CCCN(c2ccc(C(F)(F)F)cc2)C1)C12CC3CC(C1)C(O)C(C3)C2.O=C(N[C@H]1CCCN(c2ccc(C(F)(F)F)cc2)C1)C12CC3CC(C1)C(O)C(C3)C2. The van der Waals surface area contributed by atoms with Crippen LogP contribution in [0.15, 0.2) is 48.5 Å². The van der Waals surface area contributed by atoms with Crippen molar-refractivity contribution in [1.82, 2.24) is 10.6 Å². The predicted molar refractivity (Wildman–Crippen MR) is 214 cm³/mol. The zero-order chi connectivity index (χ0) is 42.2. The third-order valence-electron chi connectivity index (χ3n) is 16.0. The lowest BCUT2D eigenvalue weighted by Gasteiger charge is -2.58. The number of carbonyl (C=O) groups excluding carboxylic acids is 2. The highest BCUT2D eigenvalue weighted by Crippen LogP contribution is 2.61. The molecule has 12 rings (SSSR count). The summed E-state index contributed by atoms with van der Waals surface area (Å²) in [5.74, 6) is 2.43. The minimum absolute atomic E-state index is 0.00599. The fraction of sp³-hybridized carbons (Fsp3) is 0.696. The van der Waals surface area contributed by atoms with Crippen LogP contribution in [0.5, 0.6) is 0 Å². The first-order valence-electron chi connectivity index (χ1n) is 22.3. The van der Waals surface area contributed by atoms with E-state index in [1.807, 2.05) is 0 Å². The molecule has 2 amide bonds. The molecule has 0 aromatic heterocycles. The number of nitrogens with zero attached hydrogens (tertiary/aromatic N) is 2. The zero-order valence-corrected chi connectivity index (χ0v) is 34.0. The van der Waals surface area contributed by atoms with Gasteiger partial charge in [-0.2, -0.15) is 26.3 Å². The van der Waals surface area contributed by atoms with E-state index in [2.05, 4.69) is 20.4 Å². The van der Waals surface area contributed by atoms with Crippen molar-refractivity contribution in [2.75, 3.05) is 36.0 Å². The number of piperidine rings is 2. The Balaban J connectivity index is 0.000000154. The summed E-state index contributed by atoms with van der Waals surface area (Å²) in [5, 5.41) is 27.5. The standard InChI is InChI=1S/2C23H29F3N2O2/c2*24-23(25,26)17-3-5-19(6-4-17)28-7-1-2-18(13-28)27-21(30)22-10-14-8-15(11-22)20(29)16(9-14)12-22/h2*3-6,14-16,18,20,29H,1-2,7-13H2,(H,27,30)/t2*14?,15?,16?,18-,20?,22?/m00/s1. The maximum Gasteiger partial charge on any atom is 0.416 e. The van der Waals surface area contributed by atoms with Crippen molar-refractivity contribution in [1.29, 1.82) is 0 Å². The number of carbonyl (C=O) groups is 2. The zero-order valence-electron chi connectivity index (χ0n) is 34.0. The molecule has 8 aliphatic carbocycles. The van der Waals surface area contributed by atoms with E-state index in [-0.39, 0.29) is 70.6 Å². The number of nitrogens with one attached hydrogen (secondary N) is 2. The van der Waals surface area contributed by atoms with Gasteiger partial charge in [0.05, 0.1) is 34.2 Å². The van der Waals surface area contributed by atoms with Crippen molar-refractivity contribution in [3.8, 4) is 0 Å². The van der Waals surface area contributed by atoms with Gasteiger partial charge < -0.3 is 30.6 Å². The number of aliphatic hydroxyl groups is 2. The Labute approximate surface area is 347 Å². The minimum atomic E-state index is -4.33.